The number of amides is 2. The van der Waals surface area contributed by atoms with E-state index in [1.54, 1.807) is 23.7 Å². The first-order valence-corrected chi connectivity index (χ1v) is 10.5. The number of likely N-dealkylation sites (N-methyl/N-ethyl adjacent to an activating group) is 1. The molecule has 0 bridgehead atoms. The highest BCUT2D eigenvalue weighted by atomic mass is 32.2. The van der Waals surface area contributed by atoms with Crippen molar-refractivity contribution in [3.05, 3.63) is 71.8 Å². The maximum atomic E-state index is 13.4. The number of nitrogens with one attached hydrogen (secondary N) is 2. The van der Waals surface area contributed by atoms with Crippen LogP contribution in [-0.4, -0.2) is 47.0 Å². The number of benzene rings is 2. The summed E-state index contributed by atoms with van der Waals surface area (Å²) in [5, 5.41) is 6.25. The molecule has 1 aliphatic heterocycles. The van der Waals surface area contributed by atoms with E-state index in [1.165, 1.54) is 0 Å². The first-order valence-electron chi connectivity index (χ1n) is 9.48. The minimum absolute atomic E-state index is 0.0929. The molecule has 2 amide bonds. The Balaban J connectivity index is 1.74. The molecule has 0 saturated carbocycles. The number of thioether (sulfide) groups is 1. The summed E-state index contributed by atoms with van der Waals surface area (Å²) in [5.74, 6) is 0.680. The maximum Gasteiger partial charge on any atom is 0.250 e. The molecular formula is C22H27N3O2S. The van der Waals surface area contributed by atoms with Crippen molar-refractivity contribution in [2.24, 2.45) is 0 Å². The van der Waals surface area contributed by atoms with Gasteiger partial charge in [-0.3, -0.25) is 9.59 Å². The van der Waals surface area contributed by atoms with Crippen molar-refractivity contribution < 1.29 is 9.59 Å². The quantitative estimate of drug-likeness (QED) is 0.753. The number of carbonyl (C=O) groups excluding carboxylic acids is 2. The van der Waals surface area contributed by atoms with Crippen molar-refractivity contribution in [2.45, 2.75) is 30.8 Å². The smallest absolute Gasteiger partial charge is 0.250 e. The molecule has 2 aromatic rings. The molecule has 2 aromatic carbocycles. The van der Waals surface area contributed by atoms with E-state index in [9.17, 15) is 9.59 Å². The summed E-state index contributed by atoms with van der Waals surface area (Å²) in [6.45, 7) is 3.16. The normalized spacial score (nSPS) is 18.3. The molecule has 1 fully saturated rings. The van der Waals surface area contributed by atoms with Gasteiger partial charge in [-0.15, -0.1) is 11.8 Å². The fourth-order valence-electron chi connectivity index (χ4n) is 3.47. The molecular weight excluding hydrogens is 370 g/mol. The zero-order valence-corrected chi connectivity index (χ0v) is 17.2. The number of carbonyl (C=O) groups is 2. The van der Waals surface area contributed by atoms with Crippen LogP contribution in [0.5, 0.6) is 0 Å². The average molecular weight is 398 g/mol. The molecule has 2 atom stereocenters. The van der Waals surface area contributed by atoms with Crippen molar-refractivity contribution in [1.29, 1.82) is 0 Å². The minimum Gasteiger partial charge on any atom is -0.340 e. The van der Waals surface area contributed by atoms with Crippen molar-refractivity contribution in [2.75, 3.05) is 19.3 Å². The molecule has 6 heteroatoms. The highest BCUT2D eigenvalue weighted by molar-refractivity contribution is 8.00. The van der Waals surface area contributed by atoms with Gasteiger partial charge in [0.05, 0.1) is 11.8 Å². The first-order chi connectivity index (χ1) is 13.5. The Morgan fingerprint density at radius 1 is 1.11 bits per heavy atom. The predicted molar refractivity (Wildman–Crippen MR) is 114 cm³/mol. The van der Waals surface area contributed by atoms with Gasteiger partial charge in [-0.05, 0) is 18.1 Å². The van der Waals surface area contributed by atoms with Gasteiger partial charge in [-0.25, -0.2) is 0 Å². The molecule has 3 rings (SSSR count). The van der Waals surface area contributed by atoms with E-state index in [4.69, 9.17) is 0 Å². The summed E-state index contributed by atoms with van der Waals surface area (Å²) in [6.07, 6.45) is 0.253. The first kappa shape index (κ1) is 20.4. The van der Waals surface area contributed by atoms with Gasteiger partial charge in [0.15, 0.2) is 0 Å². The van der Waals surface area contributed by atoms with Gasteiger partial charge in [0, 0.05) is 25.9 Å². The summed E-state index contributed by atoms with van der Waals surface area (Å²) in [6, 6.07) is 19.5. The number of nitrogens with zero attached hydrogens (tertiary/aromatic N) is 1. The fraction of sp³-hybridized carbons (Fsp3) is 0.364. The molecule has 0 radical (unpaired) electrons. The SMILES string of the molecule is CN(Cc1ccccc1)C(=O)C(C)(NC(=O)Cc1ccccc1)C1NCCS1. The Morgan fingerprint density at radius 3 is 2.29 bits per heavy atom. The van der Waals surface area contributed by atoms with Crippen LogP contribution in [0.1, 0.15) is 18.1 Å². The van der Waals surface area contributed by atoms with Crippen LogP contribution in [0.3, 0.4) is 0 Å². The van der Waals surface area contributed by atoms with E-state index in [2.05, 4.69) is 10.6 Å². The highest BCUT2D eigenvalue weighted by Gasteiger charge is 2.45. The van der Waals surface area contributed by atoms with Crippen LogP contribution in [0.15, 0.2) is 60.7 Å². The van der Waals surface area contributed by atoms with Crippen LogP contribution < -0.4 is 10.6 Å². The van der Waals surface area contributed by atoms with E-state index in [0.717, 1.165) is 23.4 Å². The van der Waals surface area contributed by atoms with E-state index >= 15 is 0 Å². The van der Waals surface area contributed by atoms with Crippen LogP contribution in [0.2, 0.25) is 0 Å². The van der Waals surface area contributed by atoms with Crippen LogP contribution in [0.4, 0.5) is 0 Å². The van der Waals surface area contributed by atoms with Crippen LogP contribution in [-0.2, 0) is 22.6 Å². The lowest BCUT2D eigenvalue weighted by Gasteiger charge is -2.37. The number of rotatable bonds is 7. The lowest BCUT2D eigenvalue weighted by molar-refractivity contribution is -0.140. The molecule has 1 heterocycles. The molecule has 0 aliphatic carbocycles. The van der Waals surface area contributed by atoms with Gasteiger partial charge in [-0.1, -0.05) is 60.7 Å². The van der Waals surface area contributed by atoms with Crippen molar-refractivity contribution in [1.82, 2.24) is 15.5 Å². The average Bonchev–Trinajstić information content (AvgIpc) is 3.24. The molecule has 5 nitrogen and oxygen atoms in total. The summed E-state index contributed by atoms with van der Waals surface area (Å²) < 4.78 is 0. The third-order valence-corrected chi connectivity index (χ3v) is 6.31. The fourth-order valence-corrected chi connectivity index (χ4v) is 4.67. The zero-order chi connectivity index (χ0) is 20.0. The molecule has 2 unspecified atom stereocenters. The summed E-state index contributed by atoms with van der Waals surface area (Å²) in [7, 11) is 1.79. The molecule has 2 N–H and O–H groups in total. The van der Waals surface area contributed by atoms with Crippen LogP contribution >= 0.6 is 11.8 Å². The third-order valence-electron chi connectivity index (χ3n) is 4.90. The largest absolute Gasteiger partial charge is 0.340 e. The Kier molecular flexibility index (Phi) is 6.75. The van der Waals surface area contributed by atoms with Crippen LogP contribution in [0, 0.1) is 0 Å². The van der Waals surface area contributed by atoms with E-state index in [0.29, 0.717) is 6.54 Å². The minimum atomic E-state index is -1.02. The molecule has 0 aromatic heterocycles. The summed E-state index contributed by atoms with van der Waals surface area (Å²) in [4.78, 5) is 27.8. The third kappa shape index (κ3) is 4.94. The molecule has 1 aliphatic rings. The van der Waals surface area contributed by atoms with Gasteiger partial charge >= 0.3 is 0 Å². The van der Waals surface area contributed by atoms with E-state index < -0.39 is 5.54 Å². The Labute approximate surface area is 170 Å². The van der Waals surface area contributed by atoms with E-state index in [-0.39, 0.29) is 23.6 Å². The van der Waals surface area contributed by atoms with Crippen molar-refractivity contribution in [3.63, 3.8) is 0 Å². The van der Waals surface area contributed by atoms with Gasteiger partial charge in [0.2, 0.25) is 5.91 Å². The maximum absolute atomic E-state index is 13.4. The lowest BCUT2D eigenvalue weighted by atomic mass is 9.98. The Hall–Kier alpha value is -2.31. The number of hydrogen-bond acceptors (Lipinski definition) is 4. The molecule has 28 heavy (non-hydrogen) atoms. The predicted octanol–water partition coefficient (Wildman–Crippen LogP) is 2.43. The Bertz CT molecular complexity index is 794. The summed E-state index contributed by atoms with van der Waals surface area (Å²) in [5.41, 5.74) is 0.971. The van der Waals surface area contributed by atoms with Gasteiger partial charge in [0.1, 0.15) is 5.54 Å². The standard InChI is InChI=1S/C22H27N3O2S/c1-22(20-23-13-14-28-20,24-19(26)15-17-9-5-3-6-10-17)21(27)25(2)16-18-11-7-4-8-12-18/h3-12,20,23H,13-16H2,1-2H3,(H,24,26). The second-order valence-electron chi connectivity index (χ2n) is 7.26. The van der Waals surface area contributed by atoms with Crippen LogP contribution in [0.25, 0.3) is 0 Å². The highest BCUT2D eigenvalue weighted by Crippen LogP contribution is 2.27. The number of hydrogen-bond donors (Lipinski definition) is 2. The zero-order valence-electron chi connectivity index (χ0n) is 16.4. The Morgan fingerprint density at radius 2 is 1.71 bits per heavy atom. The second kappa shape index (κ2) is 9.26. The summed E-state index contributed by atoms with van der Waals surface area (Å²) >= 11 is 1.68. The second-order valence-corrected chi connectivity index (χ2v) is 8.48. The van der Waals surface area contributed by atoms with E-state index in [1.807, 2.05) is 67.6 Å². The van der Waals surface area contributed by atoms with Crippen molar-refractivity contribution >= 4 is 23.6 Å². The van der Waals surface area contributed by atoms with Gasteiger partial charge < -0.3 is 15.5 Å². The topological polar surface area (TPSA) is 61.4 Å². The monoisotopic (exact) mass is 397 g/mol. The molecule has 1 saturated heterocycles. The molecule has 0 spiro atoms. The van der Waals surface area contributed by atoms with Gasteiger partial charge in [0.25, 0.3) is 5.91 Å². The molecule has 148 valence electrons. The lowest BCUT2D eigenvalue weighted by Crippen LogP contribution is -2.65. The van der Waals surface area contributed by atoms with Crippen molar-refractivity contribution in [3.8, 4) is 0 Å². The van der Waals surface area contributed by atoms with Gasteiger partial charge in [-0.2, -0.15) is 0 Å².